The van der Waals surface area contributed by atoms with Crippen LogP contribution in [-0.2, 0) is 9.53 Å². The lowest BCUT2D eigenvalue weighted by atomic mass is 10.0. The van der Waals surface area contributed by atoms with E-state index in [0.717, 1.165) is 5.56 Å². The third-order valence-corrected chi connectivity index (χ3v) is 4.30. The van der Waals surface area contributed by atoms with Crippen molar-refractivity contribution in [3.63, 3.8) is 0 Å². The van der Waals surface area contributed by atoms with E-state index in [2.05, 4.69) is 25.1 Å². The smallest absolute Gasteiger partial charge is 0.325 e. The van der Waals surface area contributed by atoms with Crippen molar-refractivity contribution in [1.29, 1.82) is 0 Å². The number of amides is 1. The number of nitrogens with one attached hydrogen (secondary N) is 1. The molecule has 2 N–H and O–H groups in total. The fraction of sp³-hybridized carbons (Fsp3) is 0.105. The topological polar surface area (TPSA) is 119 Å². The average molecular weight is 377 g/mol. The SMILES string of the molecule is COC(=O)CNC(=O)c1c(O)c2cccc(-c3ccccn3)c2c2ncnn12. The van der Waals surface area contributed by atoms with Crippen molar-refractivity contribution in [2.24, 2.45) is 0 Å². The lowest BCUT2D eigenvalue weighted by Gasteiger charge is -2.13. The largest absolute Gasteiger partial charge is 0.505 e. The van der Waals surface area contributed by atoms with Crippen molar-refractivity contribution in [3.8, 4) is 17.0 Å². The summed E-state index contributed by atoms with van der Waals surface area (Å²) in [5, 5.41) is 18.4. The molecule has 3 heterocycles. The highest BCUT2D eigenvalue weighted by Crippen LogP contribution is 2.36. The van der Waals surface area contributed by atoms with E-state index in [1.807, 2.05) is 24.3 Å². The Bertz CT molecular complexity index is 1200. The predicted molar refractivity (Wildman–Crippen MR) is 99.7 cm³/mol. The predicted octanol–water partition coefficient (Wildman–Crippen LogP) is 1.55. The third kappa shape index (κ3) is 2.78. The second kappa shape index (κ2) is 6.95. The van der Waals surface area contributed by atoms with Crippen LogP contribution in [0.4, 0.5) is 0 Å². The molecule has 0 fully saturated rings. The second-order valence-corrected chi connectivity index (χ2v) is 5.89. The van der Waals surface area contributed by atoms with Gasteiger partial charge in [0.25, 0.3) is 5.91 Å². The van der Waals surface area contributed by atoms with E-state index in [9.17, 15) is 14.7 Å². The molecular weight excluding hydrogens is 362 g/mol. The molecule has 0 aliphatic carbocycles. The van der Waals surface area contributed by atoms with Crippen LogP contribution in [-0.4, -0.2) is 50.2 Å². The van der Waals surface area contributed by atoms with Gasteiger partial charge in [0.2, 0.25) is 0 Å². The summed E-state index contributed by atoms with van der Waals surface area (Å²) in [4.78, 5) is 32.6. The quantitative estimate of drug-likeness (QED) is 0.518. The van der Waals surface area contributed by atoms with E-state index in [-0.39, 0.29) is 18.0 Å². The molecule has 0 saturated heterocycles. The summed E-state index contributed by atoms with van der Waals surface area (Å²) in [5.41, 5.74) is 1.70. The molecule has 9 heteroatoms. The number of benzene rings is 1. The van der Waals surface area contributed by atoms with Gasteiger partial charge in [-0.25, -0.2) is 9.50 Å². The molecule has 3 aromatic heterocycles. The van der Waals surface area contributed by atoms with Gasteiger partial charge in [-0.3, -0.25) is 14.6 Å². The number of ether oxygens (including phenoxy) is 1. The van der Waals surface area contributed by atoms with Crippen molar-refractivity contribution in [2.45, 2.75) is 0 Å². The molecule has 0 bridgehead atoms. The summed E-state index contributed by atoms with van der Waals surface area (Å²) in [6.45, 7) is -0.336. The monoisotopic (exact) mass is 377 g/mol. The fourth-order valence-electron chi connectivity index (χ4n) is 3.04. The minimum absolute atomic E-state index is 0.123. The number of hydrogen-bond acceptors (Lipinski definition) is 7. The maximum atomic E-state index is 12.6. The highest BCUT2D eigenvalue weighted by atomic mass is 16.5. The molecule has 4 rings (SSSR count). The summed E-state index contributed by atoms with van der Waals surface area (Å²) in [5.74, 6) is -1.56. The van der Waals surface area contributed by atoms with Gasteiger partial charge in [-0.05, 0) is 12.1 Å². The first-order valence-corrected chi connectivity index (χ1v) is 8.35. The molecule has 1 aromatic carbocycles. The lowest BCUT2D eigenvalue weighted by Crippen LogP contribution is -2.31. The summed E-state index contributed by atoms with van der Waals surface area (Å²) < 4.78 is 5.76. The first kappa shape index (κ1) is 17.4. The van der Waals surface area contributed by atoms with Crippen LogP contribution in [0.5, 0.6) is 5.75 Å². The van der Waals surface area contributed by atoms with Crippen LogP contribution in [0.25, 0.3) is 27.7 Å². The number of carbonyl (C=O) groups is 2. The van der Waals surface area contributed by atoms with E-state index >= 15 is 0 Å². The molecule has 0 saturated carbocycles. The number of methoxy groups -OCH3 is 1. The molecule has 1 amide bonds. The molecule has 4 aromatic rings. The minimum atomic E-state index is -0.677. The number of rotatable bonds is 4. The normalized spacial score (nSPS) is 10.9. The summed E-state index contributed by atoms with van der Waals surface area (Å²) >= 11 is 0. The molecule has 0 atom stereocenters. The average Bonchev–Trinajstić information content (AvgIpc) is 3.21. The summed E-state index contributed by atoms with van der Waals surface area (Å²) in [6, 6.07) is 10.8. The van der Waals surface area contributed by atoms with Crippen LogP contribution < -0.4 is 5.32 Å². The van der Waals surface area contributed by atoms with Gasteiger partial charge >= 0.3 is 5.97 Å². The van der Waals surface area contributed by atoms with Gasteiger partial charge in [0.05, 0.1) is 12.8 Å². The molecule has 28 heavy (non-hydrogen) atoms. The number of aromatic hydroxyl groups is 1. The van der Waals surface area contributed by atoms with Gasteiger partial charge in [0.1, 0.15) is 12.9 Å². The van der Waals surface area contributed by atoms with E-state index in [4.69, 9.17) is 0 Å². The zero-order valence-electron chi connectivity index (χ0n) is 14.8. The van der Waals surface area contributed by atoms with Gasteiger partial charge in [0, 0.05) is 22.5 Å². The van der Waals surface area contributed by atoms with Gasteiger partial charge < -0.3 is 15.2 Å². The molecule has 0 unspecified atom stereocenters. The first-order chi connectivity index (χ1) is 13.6. The van der Waals surface area contributed by atoms with Crippen molar-refractivity contribution in [3.05, 3.63) is 54.6 Å². The van der Waals surface area contributed by atoms with Crippen LogP contribution >= 0.6 is 0 Å². The van der Waals surface area contributed by atoms with Crippen LogP contribution in [0.15, 0.2) is 48.9 Å². The Kier molecular flexibility index (Phi) is 4.32. The number of nitrogens with zero attached hydrogens (tertiary/aromatic N) is 4. The highest BCUT2D eigenvalue weighted by Gasteiger charge is 2.23. The Morgan fingerprint density at radius 1 is 1.18 bits per heavy atom. The molecular formula is C19H15N5O4. The van der Waals surface area contributed by atoms with Crippen molar-refractivity contribution < 1.29 is 19.4 Å². The summed E-state index contributed by atoms with van der Waals surface area (Å²) in [7, 11) is 1.22. The fourth-order valence-corrected chi connectivity index (χ4v) is 3.04. The van der Waals surface area contributed by atoms with Crippen molar-refractivity contribution in [1.82, 2.24) is 24.9 Å². The number of pyridine rings is 2. The zero-order valence-corrected chi connectivity index (χ0v) is 14.8. The Balaban J connectivity index is 1.95. The van der Waals surface area contributed by atoms with Gasteiger partial charge in [0.15, 0.2) is 17.1 Å². The molecule has 0 spiro atoms. The van der Waals surface area contributed by atoms with Gasteiger partial charge in [-0.15, -0.1) is 0 Å². The Morgan fingerprint density at radius 2 is 2.04 bits per heavy atom. The number of carbonyl (C=O) groups excluding carboxylic acids is 2. The third-order valence-electron chi connectivity index (χ3n) is 4.30. The molecule has 0 aliphatic rings. The Hall–Kier alpha value is -4.01. The number of hydrogen-bond donors (Lipinski definition) is 2. The van der Waals surface area contributed by atoms with Crippen molar-refractivity contribution in [2.75, 3.05) is 13.7 Å². The number of esters is 1. The maximum Gasteiger partial charge on any atom is 0.325 e. The molecule has 0 aliphatic heterocycles. The molecule has 0 radical (unpaired) electrons. The van der Waals surface area contributed by atoms with Gasteiger partial charge in [-0.1, -0.05) is 24.3 Å². The van der Waals surface area contributed by atoms with E-state index < -0.39 is 11.9 Å². The van der Waals surface area contributed by atoms with Crippen LogP contribution in [0.2, 0.25) is 0 Å². The zero-order chi connectivity index (χ0) is 19.7. The Morgan fingerprint density at radius 3 is 2.79 bits per heavy atom. The first-order valence-electron chi connectivity index (χ1n) is 8.35. The summed E-state index contributed by atoms with van der Waals surface area (Å²) in [6.07, 6.45) is 2.96. The number of fused-ring (bicyclic) bond motifs is 3. The van der Waals surface area contributed by atoms with Crippen LogP contribution in [0, 0.1) is 0 Å². The standard InChI is InChI=1S/C19H15N5O4/c1-28-14(25)9-21-19(27)16-17(26)12-6-4-5-11(13-7-2-3-8-20-13)15(12)18-22-10-23-24(16)18/h2-8,10,26H,9H2,1H3,(H,21,27). The highest BCUT2D eigenvalue weighted by molar-refractivity contribution is 6.11. The Labute approximate surface area is 158 Å². The minimum Gasteiger partial charge on any atom is -0.505 e. The number of aromatic nitrogens is 4. The second-order valence-electron chi connectivity index (χ2n) is 5.89. The maximum absolute atomic E-state index is 12.6. The van der Waals surface area contributed by atoms with E-state index in [1.54, 1.807) is 18.3 Å². The van der Waals surface area contributed by atoms with E-state index in [1.165, 1.54) is 18.0 Å². The van der Waals surface area contributed by atoms with Crippen LogP contribution in [0.1, 0.15) is 10.5 Å². The van der Waals surface area contributed by atoms with E-state index in [0.29, 0.717) is 22.1 Å². The lowest BCUT2D eigenvalue weighted by molar-refractivity contribution is -0.139. The van der Waals surface area contributed by atoms with Crippen molar-refractivity contribution >= 4 is 28.3 Å². The van der Waals surface area contributed by atoms with Gasteiger partial charge in [-0.2, -0.15) is 5.10 Å². The molecule has 9 nitrogen and oxygen atoms in total. The van der Waals surface area contributed by atoms with Crippen LogP contribution in [0.3, 0.4) is 0 Å². The molecule has 140 valence electrons.